The van der Waals surface area contributed by atoms with Crippen molar-refractivity contribution < 1.29 is 14.7 Å². The molecule has 1 amide bonds. The Kier molecular flexibility index (Phi) is 3.66. The summed E-state index contributed by atoms with van der Waals surface area (Å²) in [7, 11) is 0. The first-order valence-corrected chi connectivity index (χ1v) is 7.63. The van der Waals surface area contributed by atoms with Gasteiger partial charge in [-0.25, -0.2) is 4.79 Å². The van der Waals surface area contributed by atoms with Crippen LogP contribution in [0.2, 0.25) is 0 Å². The molecule has 4 rings (SSSR count). The molecular formula is C17H12N6O3. The van der Waals surface area contributed by atoms with Crippen molar-refractivity contribution in [1.29, 1.82) is 0 Å². The number of benzene rings is 2. The Morgan fingerprint density at radius 3 is 2.69 bits per heavy atom. The molecule has 0 aliphatic heterocycles. The molecule has 0 spiro atoms. The maximum absolute atomic E-state index is 12.4. The van der Waals surface area contributed by atoms with Gasteiger partial charge in [-0.2, -0.15) is 0 Å². The number of hydrogen-bond acceptors (Lipinski definition) is 5. The van der Waals surface area contributed by atoms with E-state index >= 15 is 0 Å². The normalized spacial score (nSPS) is 10.8. The van der Waals surface area contributed by atoms with Crippen molar-refractivity contribution in [1.82, 2.24) is 25.2 Å². The minimum atomic E-state index is -1.08. The molecule has 0 bridgehead atoms. The molecule has 0 saturated heterocycles. The molecule has 3 N–H and O–H groups in total. The summed E-state index contributed by atoms with van der Waals surface area (Å²) in [6, 6.07) is 13.7. The molecule has 0 fully saturated rings. The van der Waals surface area contributed by atoms with E-state index in [1.54, 1.807) is 30.5 Å². The number of carbonyl (C=O) groups excluding carboxylic acids is 1. The van der Waals surface area contributed by atoms with Crippen LogP contribution in [0.15, 0.2) is 54.7 Å². The lowest BCUT2D eigenvalue weighted by atomic mass is 10.1. The number of aromatic carboxylic acids is 1. The first-order chi connectivity index (χ1) is 12.6. The van der Waals surface area contributed by atoms with E-state index in [1.165, 1.54) is 10.9 Å². The molecule has 0 saturated carbocycles. The topological polar surface area (TPSA) is 126 Å². The van der Waals surface area contributed by atoms with Crippen molar-refractivity contribution in [3.05, 3.63) is 66.1 Å². The van der Waals surface area contributed by atoms with Gasteiger partial charge in [-0.3, -0.25) is 4.79 Å². The highest BCUT2D eigenvalue weighted by Gasteiger charge is 2.17. The summed E-state index contributed by atoms with van der Waals surface area (Å²) in [5.74, 6) is -1.80. The van der Waals surface area contributed by atoms with Crippen LogP contribution in [0.3, 0.4) is 0 Å². The molecule has 0 radical (unpaired) electrons. The number of nitrogens with zero attached hydrogens (tertiary/aromatic N) is 4. The average Bonchev–Trinajstić information content (AvgIpc) is 3.31. The maximum atomic E-state index is 12.4. The number of carboxylic acid groups (broad SMARTS) is 1. The molecule has 0 aliphatic carbocycles. The molecule has 2 heterocycles. The maximum Gasteiger partial charge on any atom is 0.336 e. The van der Waals surface area contributed by atoms with Gasteiger partial charge in [0.25, 0.3) is 11.7 Å². The number of fused-ring (bicyclic) bond motifs is 1. The molecule has 9 heteroatoms. The fourth-order valence-electron chi connectivity index (χ4n) is 2.58. The predicted octanol–water partition coefficient (Wildman–Crippen LogP) is 2.09. The lowest BCUT2D eigenvalue weighted by molar-refractivity contribution is 0.0698. The van der Waals surface area contributed by atoms with E-state index in [0.29, 0.717) is 22.3 Å². The number of nitrogens with one attached hydrogen (secondary N) is 2. The van der Waals surface area contributed by atoms with E-state index in [1.807, 2.05) is 18.2 Å². The lowest BCUT2D eigenvalue weighted by Crippen LogP contribution is -2.15. The van der Waals surface area contributed by atoms with Gasteiger partial charge in [-0.05, 0) is 35.5 Å². The van der Waals surface area contributed by atoms with Gasteiger partial charge in [-0.1, -0.05) is 18.2 Å². The highest BCUT2D eigenvalue weighted by molar-refractivity contribution is 6.07. The Labute approximate surface area is 146 Å². The van der Waals surface area contributed by atoms with E-state index in [9.17, 15) is 14.7 Å². The zero-order chi connectivity index (χ0) is 18.1. The minimum Gasteiger partial charge on any atom is -0.478 e. The Hall–Kier alpha value is -4.01. The monoisotopic (exact) mass is 348 g/mol. The summed E-state index contributed by atoms with van der Waals surface area (Å²) in [5.41, 5.74) is 1.67. The average molecular weight is 348 g/mol. The van der Waals surface area contributed by atoms with Crippen LogP contribution in [-0.2, 0) is 0 Å². The van der Waals surface area contributed by atoms with Crippen LogP contribution in [0.4, 0.5) is 5.69 Å². The Balaban J connectivity index is 1.62. The molecule has 9 nitrogen and oxygen atoms in total. The third kappa shape index (κ3) is 2.77. The zero-order valence-corrected chi connectivity index (χ0v) is 13.2. The van der Waals surface area contributed by atoms with Crippen LogP contribution < -0.4 is 5.32 Å². The molecule has 4 aromatic rings. The van der Waals surface area contributed by atoms with Gasteiger partial charge in [0, 0.05) is 22.8 Å². The standard InChI is InChI=1S/C17H12N6O3/c24-16(15-20-22-23(21-15)11-4-2-1-3-5-11)19-10-8-13(17(25)26)12-6-7-18-14(12)9-10/h1-9,18H,(H,19,24)(H,25,26). The number of para-hydroxylation sites is 1. The Morgan fingerprint density at radius 2 is 1.92 bits per heavy atom. The third-order valence-corrected chi connectivity index (χ3v) is 3.76. The number of H-pyrrole nitrogens is 1. The molecule has 2 aromatic carbocycles. The van der Waals surface area contributed by atoms with Gasteiger partial charge in [0.2, 0.25) is 0 Å². The second-order valence-electron chi connectivity index (χ2n) is 5.46. The fourth-order valence-corrected chi connectivity index (χ4v) is 2.58. The van der Waals surface area contributed by atoms with Crippen LogP contribution in [-0.4, -0.2) is 42.2 Å². The highest BCUT2D eigenvalue weighted by Crippen LogP contribution is 2.23. The van der Waals surface area contributed by atoms with Crippen molar-refractivity contribution in [2.45, 2.75) is 0 Å². The molecule has 0 unspecified atom stereocenters. The van der Waals surface area contributed by atoms with E-state index in [0.717, 1.165) is 0 Å². The smallest absolute Gasteiger partial charge is 0.336 e. The van der Waals surface area contributed by atoms with E-state index in [2.05, 4.69) is 25.7 Å². The number of aromatic nitrogens is 5. The van der Waals surface area contributed by atoms with Gasteiger partial charge in [0.1, 0.15) is 0 Å². The number of tetrazole rings is 1. The summed E-state index contributed by atoms with van der Waals surface area (Å²) in [5, 5.41) is 24.1. The highest BCUT2D eigenvalue weighted by atomic mass is 16.4. The van der Waals surface area contributed by atoms with Gasteiger partial charge in [0.15, 0.2) is 0 Å². The van der Waals surface area contributed by atoms with Gasteiger partial charge >= 0.3 is 5.97 Å². The molecule has 2 aromatic heterocycles. The number of carboxylic acids is 1. The lowest BCUT2D eigenvalue weighted by Gasteiger charge is -2.05. The molecule has 128 valence electrons. The summed E-state index contributed by atoms with van der Waals surface area (Å²) in [6.45, 7) is 0. The van der Waals surface area contributed by atoms with Crippen molar-refractivity contribution in [3.63, 3.8) is 0 Å². The second-order valence-corrected chi connectivity index (χ2v) is 5.46. The third-order valence-electron chi connectivity index (χ3n) is 3.76. The van der Waals surface area contributed by atoms with Crippen molar-refractivity contribution in [2.75, 3.05) is 5.32 Å². The van der Waals surface area contributed by atoms with Crippen LogP contribution in [0, 0.1) is 0 Å². The first kappa shape index (κ1) is 15.5. The molecular weight excluding hydrogens is 336 g/mol. The van der Waals surface area contributed by atoms with Crippen LogP contribution in [0.1, 0.15) is 21.0 Å². The summed E-state index contributed by atoms with van der Waals surface area (Å²) >= 11 is 0. The number of amides is 1. The van der Waals surface area contributed by atoms with Crippen LogP contribution in [0.25, 0.3) is 16.6 Å². The molecule has 26 heavy (non-hydrogen) atoms. The quantitative estimate of drug-likeness (QED) is 0.518. The number of hydrogen-bond donors (Lipinski definition) is 3. The van der Waals surface area contributed by atoms with Crippen molar-refractivity contribution in [3.8, 4) is 5.69 Å². The van der Waals surface area contributed by atoms with Crippen molar-refractivity contribution in [2.24, 2.45) is 0 Å². The zero-order valence-electron chi connectivity index (χ0n) is 13.2. The summed E-state index contributed by atoms with van der Waals surface area (Å²) in [6.07, 6.45) is 1.63. The van der Waals surface area contributed by atoms with Gasteiger partial charge in [0.05, 0.1) is 11.3 Å². The largest absolute Gasteiger partial charge is 0.478 e. The van der Waals surface area contributed by atoms with Crippen molar-refractivity contribution >= 4 is 28.5 Å². The molecule has 0 aliphatic rings. The number of anilines is 1. The SMILES string of the molecule is O=C(Nc1cc(C(=O)O)c2cc[nH]c2c1)c1nnn(-c2ccccc2)n1. The second kappa shape index (κ2) is 6.13. The summed E-state index contributed by atoms with van der Waals surface area (Å²) in [4.78, 5) is 28.0. The number of aromatic amines is 1. The number of rotatable bonds is 4. The Bertz CT molecular complexity index is 1120. The Morgan fingerprint density at radius 1 is 1.12 bits per heavy atom. The first-order valence-electron chi connectivity index (χ1n) is 7.63. The van der Waals surface area contributed by atoms with Crippen LogP contribution in [0.5, 0.6) is 0 Å². The van der Waals surface area contributed by atoms with Crippen LogP contribution >= 0.6 is 0 Å². The molecule has 0 atom stereocenters. The summed E-state index contributed by atoms with van der Waals surface area (Å²) < 4.78 is 0. The minimum absolute atomic E-state index is 0.0833. The predicted molar refractivity (Wildman–Crippen MR) is 92.4 cm³/mol. The van der Waals surface area contributed by atoms with Gasteiger partial charge < -0.3 is 15.4 Å². The number of carbonyl (C=O) groups is 2. The van der Waals surface area contributed by atoms with E-state index in [-0.39, 0.29) is 11.4 Å². The fraction of sp³-hybridized carbons (Fsp3) is 0. The van der Waals surface area contributed by atoms with E-state index in [4.69, 9.17) is 0 Å². The van der Waals surface area contributed by atoms with Gasteiger partial charge in [-0.15, -0.1) is 15.0 Å². The van der Waals surface area contributed by atoms with E-state index < -0.39 is 11.9 Å².